The number of rotatable bonds is 6. The lowest BCUT2D eigenvalue weighted by molar-refractivity contribution is 0.0524. The van der Waals surface area contributed by atoms with Gasteiger partial charge in [0.05, 0.1) is 41.3 Å². The van der Waals surface area contributed by atoms with Gasteiger partial charge < -0.3 is 13.9 Å². The minimum Gasteiger partial charge on any atom is -0.462 e. The number of ether oxygens (including phenoxy) is 1. The Balaban J connectivity index is 1.70. The molecule has 0 N–H and O–H groups in total. The summed E-state index contributed by atoms with van der Waals surface area (Å²) in [7, 11) is 0. The molecule has 5 aromatic rings. The molecular formula is C27H19Cl3FN3O3. The van der Waals surface area contributed by atoms with Crippen LogP contribution in [0.3, 0.4) is 0 Å². The van der Waals surface area contributed by atoms with Gasteiger partial charge in [0.25, 0.3) is 0 Å². The van der Waals surface area contributed by atoms with Gasteiger partial charge in [0.2, 0.25) is 5.43 Å². The van der Waals surface area contributed by atoms with Crippen LogP contribution in [0, 0.1) is 5.82 Å². The van der Waals surface area contributed by atoms with E-state index in [-0.39, 0.29) is 29.1 Å². The normalized spacial score (nSPS) is 11.4. The van der Waals surface area contributed by atoms with Crippen LogP contribution in [-0.4, -0.2) is 26.7 Å². The molecule has 0 aliphatic rings. The summed E-state index contributed by atoms with van der Waals surface area (Å²) in [6.45, 7) is 2.26. The Hall–Kier alpha value is -3.39. The molecule has 188 valence electrons. The first-order valence-corrected chi connectivity index (χ1v) is 12.5. The average molecular weight is 559 g/mol. The quantitative estimate of drug-likeness (QED) is 0.217. The van der Waals surface area contributed by atoms with E-state index in [1.807, 2.05) is 34.9 Å². The Bertz CT molecular complexity index is 1750. The first-order chi connectivity index (χ1) is 17.8. The van der Waals surface area contributed by atoms with Crippen LogP contribution < -0.4 is 5.43 Å². The Morgan fingerprint density at radius 1 is 1.00 bits per heavy atom. The van der Waals surface area contributed by atoms with Crippen molar-refractivity contribution < 1.29 is 13.9 Å². The summed E-state index contributed by atoms with van der Waals surface area (Å²) >= 11 is 18.6. The molecule has 5 rings (SSSR count). The number of pyridine rings is 1. The van der Waals surface area contributed by atoms with Gasteiger partial charge in [0.1, 0.15) is 17.2 Å². The highest BCUT2D eigenvalue weighted by Crippen LogP contribution is 2.27. The molecule has 0 amide bonds. The van der Waals surface area contributed by atoms with Gasteiger partial charge in [-0.3, -0.25) is 4.79 Å². The number of nitrogens with zero attached hydrogens (tertiary/aromatic N) is 3. The molecule has 0 saturated heterocycles. The van der Waals surface area contributed by atoms with E-state index in [0.717, 1.165) is 22.7 Å². The third-order valence-electron chi connectivity index (χ3n) is 6.01. The van der Waals surface area contributed by atoms with Gasteiger partial charge in [-0.05, 0) is 48.9 Å². The number of imidazole rings is 1. The number of esters is 1. The summed E-state index contributed by atoms with van der Waals surface area (Å²) in [6.07, 6.45) is 1.40. The second-order valence-corrected chi connectivity index (χ2v) is 9.59. The average Bonchev–Trinajstić information content (AvgIpc) is 3.20. The molecule has 0 spiro atoms. The number of hydrogen-bond donors (Lipinski definition) is 0. The number of benzene rings is 3. The Morgan fingerprint density at radius 2 is 1.78 bits per heavy atom. The van der Waals surface area contributed by atoms with Crippen molar-refractivity contribution in [3.05, 3.63) is 109 Å². The van der Waals surface area contributed by atoms with Gasteiger partial charge in [0, 0.05) is 21.6 Å². The fourth-order valence-electron chi connectivity index (χ4n) is 4.27. The maximum atomic E-state index is 14.3. The SMILES string of the molecule is CCOC(=O)c1cn(Cc2nc3ccccc3n2Cc2ccc(Cl)cc2Cl)c2cc(Cl)c(F)cc2c1=O. The van der Waals surface area contributed by atoms with Crippen LogP contribution in [0.1, 0.15) is 28.7 Å². The lowest BCUT2D eigenvalue weighted by Crippen LogP contribution is -2.22. The summed E-state index contributed by atoms with van der Waals surface area (Å²) in [5, 5.41) is 0.901. The van der Waals surface area contributed by atoms with Crippen LogP contribution >= 0.6 is 34.8 Å². The van der Waals surface area contributed by atoms with Crippen molar-refractivity contribution in [2.45, 2.75) is 20.0 Å². The van der Waals surface area contributed by atoms with Crippen molar-refractivity contribution in [3.63, 3.8) is 0 Å². The van der Waals surface area contributed by atoms with Gasteiger partial charge in [-0.2, -0.15) is 0 Å². The Morgan fingerprint density at radius 3 is 2.54 bits per heavy atom. The molecule has 0 radical (unpaired) electrons. The highest BCUT2D eigenvalue weighted by atomic mass is 35.5. The highest BCUT2D eigenvalue weighted by Gasteiger charge is 2.20. The summed E-state index contributed by atoms with van der Waals surface area (Å²) in [6, 6.07) is 15.3. The molecule has 10 heteroatoms. The van der Waals surface area contributed by atoms with E-state index >= 15 is 0 Å². The molecule has 2 heterocycles. The van der Waals surface area contributed by atoms with Gasteiger partial charge in [-0.25, -0.2) is 14.2 Å². The Kier molecular flexibility index (Phi) is 6.94. The zero-order valence-corrected chi connectivity index (χ0v) is 21.7. The van der Waals surface area contributed by atoms with E-state index in [4.69, 9.17) is 44.5 Å². The van der Waals surface area contributed by atoms with Crippen molar-refractivity contribution in [2.75, 3.05) is 6.61 Å². The van der Waals surface area contributed by atoms with Crippen LogP contribution in [0.15, 0.2) is 65.6 Å². The topological polar surface area (TPSA) is 66.1 Å². The lowest BCUT2D eigenvalue weighted by atomic mass is 10.1. The number of halogens is 4. The van der Waals surface area contributed by atoms with Crippen molar-refractivity contribution in [1.82, 2.24) is 14.1 Å². The summed E-state index contributed by atoms with van der Waals surface area (Å²) in [4.78, 5) is 30.4. The smallest absolute Gasteiger partial charge is 0.343 e. The number of aromatic nitrogens is 3. The van der Waals surface area contributed by atoms with E-state index in [0.29, 0.717) is 27.9 Å². The molecule has 0 bridgehead atoms. The van der Waals surface area contributed by atoms with E-state index in [2.05, 4.69) is 0 Å². The molecule has 0 saturated carbocycles. The highest BCUT2D eigenvalue weighted by molar-refractivity contribution is 6.35. The minimum atomic E-state index is -0.792. The maximum Gasteiger partial charge on any atom is 0.343 e. The van der Waals surface area contributed by atoms with Crippen molar-refractivity contribution in [2.24, 2.45) is 0 Å². The van der Waals surface area contributed by atoms with Crippen LogP contribution in [-0.2, 0) is 17.8 Å². The standard InChI is InChI=1S/C27H19Cl3FN3O3/c1-2-37-27(36)18-13-33(24-11-20(30)21(31)10-17(24)26(18)35)14-25-32-22-5-3-4-6-23(22)34(25)12-15-7-8-16(28)9-19(15)29/h3-11,13H,2,12,14H2,1H3. The molecule has 0 unspecified atom stereocenters. The van der Waals surface area contributed by atoms with E-state index in [1.54, 1.807) is 23.6 Å². The zero-order chi connectivity index (χ0) is 26.3. The van der Waals surface area contributed by atoms with Crippen molar-refractivity contribution in [1.29, 1.82) is 0 Å². The first kappa shape index (κ1) is 25.3. The van der Waals surface area contributed by atoms with Crippen LogP contribution in [0.2, 0.25) is 15.1 Å². The predicted molar refractivity (Wildman–Crippen MR) is 144 cm³/mol. The van der Waals surface area contributed by atoms with E-state index in [1.165, 1.54) is 12.3 Å². The van der Waals surface area contributed by atoms with Gasteiger partial charge >= 0.3 is 5.97 Å². The first-order valence-electron chi connectivity index (χ1n) is 11.3. The molecule has 6 nitrogen and oxygen atoms in total. The third kappa shape index (κ3) is 4.82. The van der Waals surface area contributed by atoms with Gasteiger partial charge in [-0.15, -0.1) is 0 Å². The summed E-state index contributed by atoms with van der Waals surface area (Å²) < 4.78 is 23.1. The molecule has 2 aromatic heterocycles. The molecule has 37 heavy (non-hydrogen) atoms. The predicted octanol–water partition coefficient (Wildman–Crippen LogP) is 6.72. The molecule has 0 aliphatic carbocycles. The van der Waals surface area contributed by atoms with Crippen molar-refractivity contribution >= 4 is 62.7 Å². The van der Waals surface area contributed by atoms with E-state index < -0.39 is 17.2 Å². The number of carbonyl (C=O) groups excluding carboxylic acids is 1. The Labute approximate surface area is 225 Å². The number of carbonyl (C=O) groups is 1. The molecule has 0 atom stereocenters. The lowest BCUT2D eigenvalue weighted by Gasteiger charge is -2.16. The van der Waals surface area contributed by atoms with Crippen LogP contribution in [0.25, 0.3) is 21.9 Å². The minimum absolute atomic E-state index is 0.0101. The molecule has 0 aliphatic heterocycles. The monoisotopic (exact) mass is 557 g/mol. The zero-order valence-electron chi connectivity index (χ0n) is 19.5. The molecule has 3 aromatic carbocycles. The fourth-order valence-corrected chi connectivity index (χ4v) is 4.89. The largest absolute Gasteiger partial charge is 0.462 e. The summed E-state index contributed by atoms with van der Waals surface area (Å²) in [5.74, 6) is -0.934. The van der Waals surface area contributed by atoms with Gasteiger partial charge in [-0.1, -0.05) is 53.0 Å². The number of para-hydroxylation sites is 2. The van der Waals surface area contributed by atoms with Gasteiger partial charge in [0.15, 0.2) is 0 Å². The second-order valence-electron chi connectivity index (χ2n) is 8.34. The number of hydrogen-bond acceptors (Lipinski definition) is 4. The summed E-state index contributed by atoms with van der Waals surface area (Å²) in [5.41, 5.74) is 1.96. The van der Waals surface area contributed by atoms with E-state index in [9.17, 15) is 14.0 Å². The molecular weight excluding hydrogens is 540 g/mol. The maximum absolute atomic E-state index is 14.3. The van der Waals surface area contributed by atoms with Crippen LogP contribution in [0.4, 0.5) is 4.39 Å². The molecule has 0 fully saturated rings. The number of fused-ring (bicyclic) bond motifs is 2. The second kappa shape index (κ2) is 10.2. The van der Waals surface area contributed by atoms with Crippen LogP contribution in [0.5, 0.6) is 0 Å². The fraction of sp³-hybridized carbons (Fsp3) is 0.148. The van der Waals surface area contributed by atoms with Crippen molar-refractivity contribution in [3.8, 4) is 0 Å². The third-order valence-corrected chi connectivity index (χ3v) is 6.88.